The first kappa shape index (κ1) is 15.0. The Labute approximate surface area is 111 Å². The summed E-state index contributed by atoms with van der Waals surface area (Å²) < 4.78 is 4.40. The Morgan fingerprint density at radius 2 is 2.21 bits per heavy atom. The van der Waals surface area contributed by atoms with Gasteiger partial charge in [-0.15, -0.1) is 0 Å². The van der Waals surface area contributed by atoms with Gasteiger partial charge in [-0.05, 0) is 13.3 Å². The van der Waals surface area contributed by atoms with E-state index in [9.17, 15) is 14.4 Å². The van der Waals surface area contributed by atoms with Crippen LogP contribution in [0.4, 0.5) is 4.79 Å². The molecule has 1 atom stereocenters. The Kier molecular flexibility index (Phi) is 5.35. The van der Waals surface area contributed by atoms with E-state index in [0.717, 1.165) is 12.0 Å². The van der Waals surface area contributed by atoms with Crippen molar-refractivity contribution in [2.45, 2.75) is 25.8 Å². The minimum absolute atomic E-state index is 0.389. The SMILES string of the molecule is COC(=O)C[C@H](NC(=O)N1CCC=C(C)C1)C(=O)O. The van der Waals surface area contributed by atoms with Gasteiger partial charge in [0, 0.05) is 13.1 Å². The van der Waals surface area contributed by atoms with Crippen molar-refractivity contribution in [3.8, 4) is 0 Å². The summed E-state index contributed by atoms with van der Waals surface area (Å²) in [5.74, 6) is -1.94. The molecule has 0 radical (unpaired) electrons. The molecule has 0 unspecified atom stereocenters. The summed E-state index contributed by atoms with van der Waals surface area (Å²) in [6, 6.07) is -1.75. The van der Waals surface area contributed by atoms with E-state index in [-0.39, 0.29) is 6.42 Å². The molecule has 0 aromatic heterocycles. The number of carbonyl (C=O) groups is 3. The van der Waals surface area contributed by atoms with Gasteiger partial charge in [-0.1, -0.05) is 11.6 Å². The zero-order valence-electron chi connectivity index (χ0n) is 11.0. The molecular weight excluding hydrogens is 252 g/mol. The lowest BCUT2D eigenvalue weighted by molar-refractivity contribution is -0.147. The van der Waals surface area contributed by atoms with Gasteiger partial charge in [0.1, 0.15) is 6.04 Å². The molecule has 1 aliphatic heterocycles. The smallest absolute Gasteiger partial charge is 0.326 e. The molecule has 0 fully saturated rings. The lowest BCUT2D eigenvalue weighted by atomic mass is 10.1. The van der Waals surface area contributed by atoms with Crippen LogP contribution in [0.2, 0.25) is 0 Å². The monoisotopic (exact) mass is 270 g/mol. The fraction of sp³-hybridized carbons (Fsp3) is 0.583. The van der Waals surface area contributed by atoms with Crippen LogP contribution in [0.3, 0.4) is 0 Å². The van der Waals surface area contributed by atoms with Crippen molar-refractivity contribution in [1.82, 2.24) is 10.2 Å². The van der Waals surface area contributed by atoms with E-state index in [4.69, 9.17) is 5.11 Å². The maximum Gasteiger partial charge on any atom is 0.326 e. The molecule has 0 aromatic rings. The zero-order valence-corrected chi connectivity index (χ0v) is 11.0. The average Bonchev–Trinajstić information content (AvgIpc) is 2.37. The first-order chi connectivity index (χ1) is 8.93. The Hall–Kier alpha value is -2.05. The lowest BCUT2D eigenvalue weighted by Gasteiger charge is -2.27. The first-order valence-corrected chi connectivity index (χ1v) is 5.94. The number of nitrogens with one attached hydrogen (secondary N) is 1. The zero-order chi connectivity index (χ0) is 14.4. The maximum atomic E-state index is 11.9. The number of hydrogen-bond acceptors (Lipinski definition) is 4. The van der Waals surface area contributed by atoms with Crippen molar-refractivity contribution < 1.29 is 24.2 Å². The number of nitrogens with zero attached hydrogens (tertiary/aromatic N) is 1. The van der Waals surface area contributed by atoms with Gasteiger partial charge in [-0.3, -0.25) is 4.79 Å². The molecule has 0 spiro atoms. The molecule has 2 N–H and O–H groups in total. The van der Waals surface area contributed by atoms with Gasteiger partial charge in [0.25, 0.3) is 0 Å². The van der Waals surface area contributed by atoms with E-state index >= 15 is 0 Å². The fourth-order valence-corrected chi connectivity index (χ4v) is 1.78. The highest BCUT2D eigenvalue weighted by molar-refractivity contribution is 5.86. The predicted octanol–water partition coefficient (Wildman–Crippen LogP) is 0.364. The summed E-state index contributed by atoms with van der Waals surface area (Å²) in [6.07, 6.45) is 2.39. The van der Waals surface area contributed by atoms with Crippen molar-refractivity contribution in [2.24, 2.45) is 0 Å². The fourth-order valence-electron chi connectivity index (χ4n) is 1.78. The van der Waals surface area contributed by atoms with Gasteiger partial charge in [-0.25, -0.2) is 9.59 Å². The molecule has 7 nitrogen and oxygen atoms in total. The van der Waals surface area contributed by atoms with Crippen LogP contribution in [0.15, 0.2) is 11.6 Å². The molecule has 0 aromatic carbocycles. The van der Waals surface area contributed by atoms with Crippen molar-refractivity contribution >= 4 is 18.0 Å². The number of amides is 2. The first-order valence-electron chi connectivity index (χ1n) is 5.94. The minimum Gasteiger partial charge on any atom is -0.480 e. The van der Waals surface area contributed by atoms with Gasteiger partial charge in [0.05, 0.1) is 13.5 Å². The molecule has 2 amide bonds. The lowest BCUT2D eigenvalue weighted by Crippen LogP contribution is -2.50. The van der Waals surface area contributed by atoms with E-state index in [1.165, 1.54) is 12.0 Å². The molecule has 0 saturated heterocycles. The van der Waals surface area contributed by atoms with E-state index in [1.54, 1.807) is 0 Å². The van der Waals surface area contributed by atoms with Gasteiger partial charge in [-0.2, -0.15) is 0 Å². The molecule has 106 valence electrons. The van der Waals surface area contributed by atoms with Crippen molar-refractivity contribution in [3.63, 3.8) is 0 Å². The normalized spacial score (nSPS) is 16.3. The largest absolute Gasteiger partial charge is 0.480 e. The summed E-state index contributed by atoms with van der Waals surface area (Å²) in [4.78, 5) is 35.5. The maximum absolute atomic E-state index is 11.9. The van der Waals surface area contributed by atoms with Gasteiger partial charge >= 0.3 is 18.0 Å². The van der Waals surface area contributed by atoms with Crippen LogP contribution >= 0.6 is 0 Å². The van der Waals surface area contributed by atoms with Gasteiger partial charge in [0.15, 0.2) is 0 Å². The summed E-state index contributed by atoms with van der Waals surface area (Å²) in [5.41, 5.74) is 1.06. The van der Waals surface area contributed by atoms with Crippen LogP contribution in [-0.4, -0.2) is 54.2 Å². The highest BCUT2D eigenvalue weighted by Gasteiger charge is 2.26. The molecule has 19 heavy (non-hydrogen) atoms. The van der Waals surface area contributed by atoms with E-state index in [0.29, 0.717) is 13.1 Å². The second kappa shape index (κ2) is 6.77. The molecular formula is C12H18N2O5. The van der Waals surface area contributed by atoms with Crippen molar-refractivity contribution in [3.05, 3.63) is 11.6 Å². The second-order valence-corrected chi connectivity index (χ2v) is 4.38. The summed E-state index contributed by atoms with van der Waals surface area (Å²) >= 11 is 0. The van der Waals surface area contributed by atoms with Crippen LogP contribution in [0.1, 0.15) is 19.8 Å². The number of urea groups is 1. The van der Waals surface area contributed by atoms with E-state index in [2.05, 4.69) is 10.1 Å². The average molecular weight is 270 g/mol. The molecule has 0 aliphatic carbocycles. The third-order valence-electron chi connectivity index (χ3n) is 2.81. The quantitative estimate of drug-likeness (QED) is 0.568. The number of ether oxygens (including phenoxy) is 1. The van der Waals surface area contributed by atoms with Crippen LogP contribution in [-0.2, 0) is 14.3 Å². The van der Waals surface area contributed by atoms with Crippen molar-refractivity contribution in [1.29, 1.82) is 0 Å². The number of esters is 1. The Morgan fingerprint density at radius 1 is 1.53 bits per heavy atom. The second-order valence-electron chi connectivity index (χ2n) is 4.38. The third-order valence-corrected chi connectivity index (χ3v) is 2.81. The minimum atomic E-state index is -1.27. The summed E-state index contributed by atoms with van der Waals surface area (Å²) in [6.45, 7) is 2.91. The topological polar surface area (TPSA) is 95.9 Å². The Bertz CT molecular complexity index is 405. The summed E-state index contributed by atoms with van der Waals surface area (Å²) in [5, 5.41) is 11.3. The number of hydrogen-bond donors (Lipinski definition) is 2. The number of aliphatic carboxylic acids is 1. The highest BCUT2D eigenvalue weighted by atomic mass is 16.5. The molecule has 1 rings (SSSR count). The van der Waals surface area contributed by atoms with Crippen LogP contribution in [0, 0.1) is 0 Å². The Balaban J connectivity index is 2.59. The number of carbonyl (C=O) groups excluding carboxylic acids is 2. The number of carboxylic acid groups (broad SMARTS) is 1. The number of methoxy groups -OCH3 is 1. The molecule has 1 aliphatic rings. The van der Waals surface area contributed by atoms with Crippen LogP contribution in [0.5, 0.6) is 0 Å². The molecule has 0 bridgehead atoms. The van der Waals surface area contributed by atoms with E-state index in [1.807, 2.05) is 13.0 Å². The molecule has 7 heteroatoms. The van der Waals surface area contributed by atoms with Crippen molar-refractivity contribution in [2.75, 3.05) is 20.2 Å². The number of rotatable bonds is 4. The highest BCUT2D eigenvalue weighted by Crippen LogP contribution is 2.09. The molecule has 0 saturated carbocycles. The van der Waals surface area contributed by atoms with Gasteiger partial charge < -0.3 is 20.1 Å². The third kappa shape index (κ3) is 4.61. The number of carboxylic acids is 1. The Morgan fingerprint density at radius 3 is 2.74 bits per heavy atom. The predicted molar refractivity (Wildman–Crippen MR) is 66.5 cm³/mol. The molecule has 1 heterocycles. The van der Waals surface area contributed by atoms with Crippen LogP contribution in [0.25, 0.3) is 0 Å². The van der Waals surface area contributed by atoms with Gasteiger partial charge in [0.2, 0.25) is 0 Å². The van der Waals surface area contributed by atoms with Crippen LogP contribution < -0.4 is 5.32 Å². The van der Waals surface area contributed by atoms with E-state index < -0.39 is 24.0 Å². The standard InChI is InChI=1S/C12H18N2O5/c1-8-4-3-5-14(7-8)12(18)13-9(11(16)17)6-10(15)19-2/h4,9H,3,5-7H2,1-2H3,(H,13,18)(H,16,17)/t9-/m0/s1. The summed E-state index contributed by atoms with van der Waals surface area (Å²) in [7, 11) is 1.17.